The van der Waals surface area contributed by atoms with Crippen molar-refractivity contribution in [3.8, 4) is 0 Å². The van der Waals surface area contributed by atoms with Gasteiger partial charge in [-0.1, -0.05) is 24.3 Å². The van der Waals surface area contributed by atoms with E-state index in [1.807, 2.05) is 0 Å². The van der Waals surface area contributed by atoms with E-state index in [4.69, 9.17) is 0 Å². The second kappa shape index (κ2) is 10.5. The van der Waals surface area contributed by atoms with E-state index in [0.717, 1.165) is 0 Å². The van der Waals surface area contributed by atoms with Crippen LogP contribution < -0.4 is 14.7 Å². The van der Waals surface area contributed by atoms with Crippen molar-refractivity contribution in [1.29, 1.82) is 0 Å². The molecule has 0 saturated heterocycles. The molecule has 0 fully saturated rings. The van der Waals surface area contributed by atoms with Crippen LogP contribution in [0.1, 0.15) is 31.5 Å². The molecule has 0 aliphatic heterocycles. The average Bonchev–Trinajstić information content (AvgIpc) is 2.95. The molecule has 0 aliphatic rings. The van der Waals surface area contributed by atoms with Crippen LogP contribution in [-0.2, 0) is 0 Å². The molecule has 0 spiro atoms. The van der Waals surface area contributed by atoms with E-state index in [1.165, 1.54) is 20.9 Å². The number of amides is 3. The van der Waals surface area contributed by atoms with Gasteiger partial charge >= 0.3 is 0 Å². The Morgan fingerprint density at radius 1 is 0.500 bits per heavy atom. The van der Waals surface area contributed by atoms with Crippen LogP contribution in [0.5, 0.6) is 0 Å². The lowest BCUT2D eigenvalue weighted by Crippen LogP contribution is -2.32. The number of anilines is 3. The van der Waals surface area contributed by atoms with Gasteiger partial charge in [-0.05, 0) is 48.5 Å². The number of carbonyl (C=O) groups excluding carboxylic acids is 3. The fourth-order valence-electron chi connectivity index (χ4n) is 3.33. The summed E-state index contributed by atoms with van der Waals surface area (Å²) in [5.74, 6) is -0.142. The summed E-state index contributed by atoms with van der Waals surface area (Å²) in [5, 5.41) is 0. The Bertz CT molecular complexity index is 1400. The van der Waals surface area contributed by atoms with Gasteiger partial charge in [-0.3, -0.25) is 34.1 Å². The molecule has 0 bridgehead atoms. The van der Waals surface area contributed by atoms with Gasteiger partial charge in [-0.2, -0.15) is 0 Å². The van der Waals surface area contributed by atoms with E-state index >= 15 is 0 Å². The lowest BCUT2D eigenvalue weighted by molar-refractivity contribution is 0.0973. The molecule has 0 unspecified atom stereocenters. The number of hydrogen-bond acceptors (Lipinski definition) is 7. The lowest BCUT2D eigenvalue weighted by atomic mass is 10.2. The van der Waals surface area contributed by atoms with Crippen molar-refractivity contribution >= 4 is 35.2 Å². The van der Waals surface area contributed by atoms with Crippen molar-refractivity contribution in [3.05, 3.63) is 102 Å². The van der Waals surface area contributed by atoms with Crippen LogP contribution in [0.15, 0.2) is 85.2 Å². The molecule has 4 aromatic rings. The third-order valence-electron chi connectivity index (χ3n) is 5.39. The molecule has 0 aromatic carbocycles. The second-order valence-electron chi connectivity index (χ2n) is 7.76. The maximum Gasteiger partial charge on any atom is 0.277 e. The molecule has 10 heteroatoms. The summed E-state index contributed by atoms with van der Waals surface area (Å²) < 4.78 is 0. The van der Waals surface area contributed by atoms with Crippen LogP contribution in [0.4, 0.5) is 17.5 Å². The third kappa shape index (κ3) is 5.07. The molecule has 0 atom stereocenters. The first-order valence-corrected chi connectivity index (χ1v) is 11.0. The summed E-state index contributed by atoms with van der Waals surface area (Å²) in [6, 6.07) is 20.0. The minimum atomic E-state index is -0.453. The number of pyridine rings is 4. The van der Waals surface area contributed by atoms with Gasteiger partial charge in [-0.25, -0.2) is 15.0 Å². The predicted octanol–water partition coefficient (Wildman–Crippen LogP) is 3.10. The Labute approximate surface area is 207 Å². The van der Waals surface area contributed by atoms with E-state index in [-0.39, 0.29) is 34.7 Å². The molecule has 180 valence electrons. The Morgan fingerprint density at radius 2 is 0.917 bits per heavy atom. The second-order valence-corrected chi connectivity index (χ2v) is 7.76. The number of nitrogens with zero attached hydrogens (tertiary/aromatic N) is 7. The topological polar surface area (TPSA) is 112 Å². The summed E-state index contributed by atoms with van der Waals surface area (Å²) in [5.41, 5.74) is 0.527. The molecular weight excluding hydrogens is 458 g/mol. The minimum absolute atomic E-state index is 0.111. The van der Waals surface area contributed by atoms with Crippen LogP contribution >= 0.6 is 0 Å². The van der Waals surface area contributed by atoms with Crippen molar-refractivity contribution in [1.82, 2.24) is 19.9 Å². The Kier molecular flexibility index (Phi) is 7.05. The summed E-state index contributed by atoms with van der Waals surface area (Å²) >= 11 is 0. The summed E-state index contributed by atoms with van der Waals surface area (Å²) in [7, 11) is 4.70. The van der Waals surface area contributed by atoms with E-state index in [9.17, 15) is 14.4 Å². The van der Waals surface area contributed by atoms with Crippen molar-refractivity contribution < 1.29 is 14.4 Å². The number of carbonyl (C=O) groups is 3. The van der Waals surface area contributed by atoms with Crippen molar-refractivity contribution in [3.63, 3.8) is 0 Å². The highest BCUT2D eigenvalue weighted by Gasteiger charge is 2.22. The standard InChI is InChI=1S/C26H23N7O3/c1-31(21-13-5-7-17-28-21)25(35)19-11-8-15-23(29-19)33(3)26(36)20-12-9-14-22(30-20)32(2)24(34)18-10-4-6-16-27-18/h4-17H,1-3H3. The molecule has 0 N–H and O–H groups in total. The first kappa shape index (κ1) is 24.1. The van der Waals surface area contributed by atoms with Gasteiger partial charge in [0.05, 0.1) is 0 Å². The van der Waals surface area contributed by atoms with Crippen molar-refractivity contribution in [2.75, 3.05) is 35.8 Å². The van der Waals surface area contributed by atoms with E-state index in [0.29, 0.717) is 11.6 Å². The van der Waals surface area contributed by atoms with Crippen molar-refractivity contribution in [2.24, 2.45) is 0 Å². The normalized spacial score (nSPS) is 10.4. The zero-order valence-electron chi connectivity index (χ0n) is 19.9. The largest absolute Gasteiger partial charge is 0.294 e. The smallest absolute Gasteiger partial charge is 0.277 e. The Balaban J connectivity index is 1.54. The highest BCUT2D eigenvalue weighted by Crippen LogP contribution is 2.18. The quantitative estimate of drug-likeness (QED) is 0.416. The van der Waals surface area contributed by atoms with Gasteiger partial charge < -0.3 is 0 Å². The highest BCUT2D eigenvalue weighted by atomic mass is 16.2. The third-order valence-corrected chi connectivity index (χ3v) is 5.39. The van der Waals surface area contributed by atoms with Gasteiger partial charge in [0.1, 0.15) is 34.5 Å². The summed E-state index contributed by atoms with van der Waals surface area (Å²) in [6.07, 6.45) is 3.13. The fraction of sp³-hybridized carbons (Fsp3) is 0.115. The molecule has 36 heavy (non-hydrogen) atoms. The monoisotopic (exact) mass is 481 g/mol. The molecule has 0 aliphatic carbocycles. The lowest BCUT2D eigenvalue weighted by Gasteiger charge is -2.20. The van der Waals surface area contributed by atoms with Crippen LogP contribution in [-0.4, -0.2) is 58.8 Å². The number of aromatic nitrogens is 4. The Morgan fingerprint density at radius 3 is 1.39 bits per heavy atom. The van der Waals surface area contributed by atoms with Crippen LogP contribution in [0, 0.1) is 0 Å². The number of hydrogen-bond donors (Lipinski definition) is 0. The zero-order chi connectivity index (χ0) is 25.7. The molecule has 4 rings (SSSR count). The molecule has 0 radical (unpaired) electrons. The molecular formula is C26H23N7O3. The van der Waals surface area contributed by atoms with E-state index in [1.54, 1.807) is 100 Å². The number of rotatable bonds is 6. The van der Waals surface area contributed by atoms with Crippen molar-refractivity contribution in [2.45, 2.75) is 0 Å². The maximum absolute atomic E-state index is 13.2. The molecule has 10 nitrogen and oxygen atoms in total. The summed E-state index contributed by atoms with van der Waals surface area (Å²) in [6.45, 7) is 0. The molecule has 4 aromatic heterocycles. The van der Waals surface area contributed by atoms with Gasteiger partial charge in [-0.15, -0.1) is 0 Å². The van der Waals surface area contributed by atoms with Gasteiger partial charge in [0.2, 0.25) is 0 Å². The Hall–Kier alpha value is -4.99. The zero-order valence-corrected chi connectivity index (χ0v) is 19.9. The predicted molar refractivity (Wildman–Crippen MR) is 135 cm³/mol. The minimum Gasteiger partial charge on any atom is -0.294 e. The van der Waals surface area contributed by atoms with E-state index in [2.05, 4.69) is 19.9 Å². The van der Waals surface area contributed by atoms with Crippen LogP contribution in [0.2, 0.25) is 0 Å². The average molecular weight is 482 g/mol. The fourth-order valence-corrected chi connectivity index (χ4v) is 3.33. The van der Waals surface area contributed by atoms with Gasteiger partial charge in [0.25, 0.3) is 17.7 Å². The summed E-state index contributed by atoms with van der Waals surface area (Å²) in [4.78, 5) is 59.8. The van der Waals surface area contributed by atoms with Gasteiger partial charge in [0, 0.05) is 33.5 Å². The molecule has 3 amide bonds. The molecule has 0 saturated carbocycles. The maximum atomic E-state index is 13.2. The molecule has 4 heterocycles. The SMILES string of the molecule is CN(C(=O)c1cccc(N(C)C(=O)c2cccc(N(C)C(=O)c3ccccn3)n2)n1)c1ccccn1. The van der Waals surface area contributed by atoms with E-state index < -0.39 is 5.91 Å². The van der Waals surface area contributed by atoms with Crippen LogP contribution in [0.3, 0.4) is 0 Å². The first-order valence-electron chi connectivity index (χ1n) is 11.0. The highest BCUT2D eigenvalue weighted by molar-refractivity contribution is 6.07. The first-order chi connectivity index (χ1) is 17.4. The van der Waals surface area contributed by atoms with Crippen LogP contribution in [0.25, 0.3) is 0 Å². The van der Waals surface area contributed by atoms with Gasteiger partial charge in [0.15, 0.2) is 0 Å².